The van der Waals surface area contributed by atoms with Gasteiger partial charge in [0, 0.05) is 17.6 Å². The van der Waals surface area contributed by atoms with Crippen molar-refractivity contribution in [1.82, 2.24) is 0 Å². The summed E-state index contributed by atoms with van der Waals surface area (Å²) in [6.45, 7) is 0. The van der Waals surface area contributed by atoms with Gasteiger partial charge in [-0.1, -0.05) is 46.9 Å². The van der Waals surface area contributed by atoms with Crippen LogP contribution in [0.25, 0.3) is 0 Å². The summed E-state index contributed by atoms with van der Waals surface area (Å²) < 4.78 is 148. The van der Waals surface area contributed by atoms with Gasteiger partial charge < -0.3 is 0 Å². The van der Waals surface area contributed by atoms with E-state index in [9.17, 15) is 43.9 Å². The van der Waals surface area contributed by atoms with Crippen molar-refractivity contribution in [2.45, 2.75) is 38.9 Å². The van der Waals surface area contributed by atoms with Gasteiger partial charge in [-0.25, -0.2) is 8.78 Å². The summed E-state index contributed by atoms with van der Waals surface area (Å²) in [6, 6.07) is 2.41. The maximum absolute atomic E-state index is 15.2. The molecular formula is C16H8ClF11I. The lowest BCUT2D eigenvalue weighted by Crippen LogP contribution is -2.67. The number of hydrogen-bond acceptors (Lipinski definition) is 0. The molecule has 0 bridgehead atoms. The number of allylic oxidation sites excluding steroid dienone is 2. The lowest BCUT2D eigenvalue weighted by atomic mass is 9.61. The summed E-state index contributed by atoms with van der Waals surface area (Å²) in [4.78, 5) is 0. The molecule has 0 saturated carbocycles. The SMILES string of the molecule is Fc1ccccc1C1(C(F)(C(F)(F)F)C(F)(F)F)C=C(C(F)(F)F)[CH]C(Cl)(I)C1. The van der Waals surface area contributed by atoms with Crippen molar-refractivity contribution in [1.29, 1.82) is 0 Å². The van der Waals surface area contributed by atoms with E-state index in [-0.39, 0.29) is 6.42 Å². The van der Waals surface area contributed by atoms with Crippen LogP contribution in [0, 0.1) is 12.2 Å². The van der Waals surface area contributed by atoms with Crippen molar-refractivity contribution in [3.05, 3.63) is 53.7 Å². The van der Waals surface area contributed by atoms with E-state index in [0.717, 1.165) is 34.7 Å². The molecule has 13 heteroatoms. The highest BCUT2D eigenvalue weighted by molar-refractivity contribution is 14.1. The van der Waals surface area contributed by atoms with Gasteiger partial charge in [-0.15, -0.1) is 11.6 Å². The second-order valence-corrected chi connectivity index (χ2v) is 9.52. The van der Waals surface area contributed by atoms with Crippen LogP contribution < -0.4 is 0 Å². The van der Waals surface area contributed by atoms with E-state index in [1.54, 1.807) is 0 Å². The van der Waals surface area contributed by atoms with Crippen LogP contribution in [0.2, 0.25) is 0 Å². The first-order valence-corrected chi connectivity index (χ1v) is 8.85. The van der Waals surface area contributed by atoms with Crippen LogP contribution in [-0.2, 0) is 5.41 Å². The monoisotopic (exact) mass is 571 g/mol. The topological polar surface area (TPSA) is 0 Å². The molecule has 0 aromatic heterocycles. The van der Waals surface area contributed by atoms with Crippen molar-refractivity contribution < 1.29 is 48.3 Å². The van der Waals surface area contributed by atoms with Crippen LogP contribution in [0.15, 0.2) is 35.9 Å². The Labute approximate surface area is 175 Å². The van der Waals surface area contributed by atoms with Gasteiger partial charge in [-0.2, -0.15) is 39.5 Å². The Balaban J connectivity index is 3.09. The van der Waals surface area contributed by atoms with Crippen molar-refractivity contribution in [3.8, 4) is 0 Å². The van der Waals surface area contributed by atoms with Gasteiger partial charge >= 0.3 is 24.2 Å². The fourth-order valence-corrected chi connectivity index (χ4v) is 4.51. The van der Waals surface area contributed by atoms with Crippen LogP contribution in [-0.4, -0.2) is 27.1 Å². The summed E-state index contributed by atoms with van der Waals surface area (Å²) in [6.07, 6.45) is -21.1. The largest absolute Gasteiger partial charge is 0.432 e. The molecule has 0 spiro atoms. The Morgan fingerprint density at radius 1 is 0.862 bits per heavy atom. The van der Waals surface area contributed by atoms with E-state index < -0.39 is 61.9 Å². The van der Waals surface area contributed by atoms with Crippen molar-refractivity contribution in [2.24, 2.45) is 0 Å². The Kier molecular flexibility index (Phi) is 6.02. The zero-order valence-corrected chi connectivity index (χ0v) is 16.5. The Bertz CT molecular complexity index is 792. The standard InChI is InChI=1S/C16H8ClF11I/c17-12(29)6-8(13(19,20)21)5-11(7-12,9-3-1-2-4-10(9)18)14(22,15(23,24)25)16(26,27)28/h1-6H,7H2. The Morgan fingerprint density at radius 3 is 1.76 bits per heavy atom. The third-order valence-corrected chi connectivity index (χ3v) is 5.30. The summed E-state index contributed by atoms with van der Waals surface area (Å²) in [5.41, 5.74) is -14.1. The zero-order chi connectivity index (χ0) is 22.7. The number of rotatable bonds is 2. The molecule has 0 saturated heterocycles. The molecule has 0 heterocycles. The summed E-state index contributed by atoms with van der Waals surface area (Å²) >= 11 is 6.68. The molecule has 0 amide bonds. The normalized spacial score (nSPS) is 27.0. The third-order valence-electron chi connectivity index (χ3n) is 4.36. The number of benzene rings is 1. The van der Waals surface area contributed by atoms with E-state index in [0.29, 0.717) is 12.1 Å². The fraction of sp³-hybridized carbons (Fsp3) is 0.438. The van der Waals surface area contributed by atoms with E-state index in [4.69, 9.17) is 11.6 Å². The van der Waals surface area contributed by atoms with Crippen molar-refractivity contribution in [3.63, 3.8) is 0 Å². The number of alkyl halides is 12. The average molecular weight is 572 g/mol. The molecule has 1 aromatic rings. The molecule has 1 radical (unpaired) electrons. The molecule has 1 aliphatic carbocycles. The summed E-state index contributed by atoms with van der Waals surface area (Å²) in [5.74, 6) is -1.76. The molecule has 2 rings (SSSR count). The van der Waals surface area contributed by atoms with Gasteiger partial charge in [0.1, 0.15) is 8.70 Å². The average Bonchev–Trinajstić information content (AvgIpc) is 2.49. The molecule has 0 nitrogen and oxygen atoms in total. The second kappa shape index (κ2) is 7.13. The molecule has 2 atom stereocenters. The molecule has 0 N–H and O–H groups in total. The fourth-order valence-electron chi connectivity index (χ4n) is 3.24. The first kappa shape index (κ1) is 24.5. The van der Waals surface area contributed by atoms with Gasteiger partial charge in [-0.05, 0) is 12.5 Å². The molecule has 1 aromatic carbocycles. The van der Waals surface area contributed by atoms with E-state index in [2.05, 4.69) is 0 Å². The van der Waals surface area contributed by atoms with Crippen LogP contribution in [0.3, 0.4) is 0 Å². The van der Waals surface area contributed by atoms with Crippen molar-refractivity contribution >= 4 is 34.2 Å². The van der Waals surface area contributed by atoms with Crippen LogP contribution in [0.5, 0.6) is 0 Å². The van der Waals surface area contributed by atoms with Crippen molar-refractivity contribution in [2.75, 3.05) is 0 Å². The van der Waals surface area contributed by atoms with Gasteiger partial charge in [0.2, 0.25) is 0 Å². The van der Waals surface area contributed by atoms with Crippen LogP contribution in [0.4, 0.5) is 48.3 Å². The van der Waals surface area contributed by atoms with Gasteiger partial charge in [0.25, 0.3) is 0 Å². The molecule has 1 aliphatic rings. The maximum Gasteiger partial charge on any atom is 0.432 e. The third kappa shape index (κ3) is 4.07. The zero-order valence-electron chi connectivity index (χ0n) is 13.6. The highest BCUT2D eigenvalue weighted by Crippen LogP contribution is 2.64. The lowest BCUT2D eigenvalue weighted by molar-refractivity contribution is -0.359. The van der Waals surface area contributed by atoms with Crippen LogP contribution >= 0.6 is 34.2 Å². The smallest absolute Gasteiger partial charge is 0.222 e. The van der Waals surface area contributed by atoms with Gasteiger partial charge in [0.05, 0.1) is 5.41 Å². The molecule has 0 fully saturated rings. The van der Waals surface area contributed by atoms with E-state index in [1.807, 2.05) is 0 Å². The first-order chi connectivity index (χ1) is 12.8. The Morgan fingerprint density at radius 2 is 1.34 bits per heavy atom. The number of halogens is 13. The molecular weight excluding hydrogens is 564 g/mol. The minimum absolute atomic E-state index is 0.154. The predicted octanol–water partition coefficient (Wildman–Crippen LogP) is 7.36. The van der Waals surface area contributed by atoms with Gasteiger partial charge in [0.15, 0.2) is 0 Å². The van der Waals surface area contributed by atoms with Gasteiger partial charge in [-0.3, -0.25) is 0 Å². The highest BCUT2D eigenvalue weighted by Gasteiger charge is 2.82. The maximum atomic E-state index is 15.2. The van der Waals surface area contributed by atoms with E-state index >= 15 is 4.39 Å². The molecule has 29 heavy (non-hydrogen) atoms. The molecule has 2 unspecified atom stereocenters. The number of hydrogen-bond donors (Lipinski definition) is 0. The minimum Gasteiger partial charge on any atom is -0.222 e. The predicted molar refractivity (Wildman–Crippen MR) is 89.7 cm³/mol. The molecule has 0 aliphatic heterocycles. The second-order valence-electron chi connectivity index (χ2n) is 6.28. The quantitative estimate of drug-likeness (QED) is 0.198. The molecule has 163 valence electrons. The lowest BCUT2D eigenvalue weighted by Gasteiger charge is -2.50. The van der Waals surface area contributed by atoms with Crippen LogP contribution in [0.1, 0.15) is 12.0 Å². The summed E-state index contributed by atoms with van der Waals surface area (Å²) in [7, 11) is 0. The first-order valence-electron chi connectivity index (χ1n) is 7.40. The summed E-state index contributed by atoms with van der Waals surface area (Å²) in [5, 5.41) is 0. The van der Waals surface area contributed by atoms with E-state index in [1.165, 1.54) is 0 Å². The minimum atomic E-state index is -6.76. The Hall–Kier alpha value is -0.790. The highest BCUT2D eigenvalue weighted by atomic mass is 127.